The molecule has 6 nitrogen and oxygen atoms in total. The second-order valence-electron chi connectivity index (χ2n) is 4.46. The molecule has 0 radical (unpaired) electrons. The molecule has 0 bridgehead atoms. The molecule has 2 atom stereocenters. The lowest BCUT2D eigenvalue weighted by Gasteiger charge is -2.08. The lowest BCUT2D eigenvalue weighted by molar-refractivity contribution is -0.139. The Morgan fingerprint density at radius 3 is 2.58 bits per heavy atom. The number of carbonyl (C=O) groups is 2. The van der Waals surface area contributed by atoms with Gasteiger partial charge in [-0.3, -0.25) is 9.59 Å². The van der Waals surface area contributed by atoms with Crippen molar-refractivity contribution in [3.8, 4) is 11.5 Å². The molecule has 1 aliphatic carbocycles. The summed E-state index contributed by atoms with van der Waals surface area (Å²) < 4.78 is 10.3. The number of carboxylic acids is 1. The lowest BCUT2D eigenvalue weighted by Crippen LogP contribution is -2.17. The van der Waals surface area contributed by atoms with Gasteiger partial charge in [-0.15, -0.1) is 0 Å². The summed E-state index contributed by atoms with van der Waals surface area (Å²) in [6, 6.07) is 3.13. The molecule has 0 aromatic heterocycles. The van der Waals surface area contributed by atoms with Crippen LogP contribution in [0.3, 0.4) is 0 Å². The van der Waals surface area contributed by atoms with Crippen LogP contribution in [0.25, 0.3) is 0 Å². The first-order chi connectivity index (χ1) is 9.06. The maximum atomic E-state index is 11.8. The average molecular weight is 284 g/mol. The first-order valence-electron chi connectivity index (χ1n) is 5.69. The fourth-order valence-electron chi connectivity index (χ4n) is 2.00. The molecule has 3 rings (SSSR count). The van der Waals surface area contributed by atoms with Crippen LogP contribution < -0.4 is 14.8 Å². The molecule has 2 N–H and O–H groups in total. The molecule has 1 aromatic rings. The van der Waals surface area contributed by atoms with E-state index in [1.165, 1.54) is 0 Å². The Hall–Kier alpha value is -1.95. The first kappa shape index (κ1) is 12.1. The van der Waals surface area contributed by atoms with Crippen LogP contribution in [0, 0.1) is 11.8 Å². The van der Waals surface area contributed by atoms with Gasteiger partial charge in [-0.1, -0.05) is 11.6 Å². The minimum atomic E-state index is -0.947. The van der Waals surface area contributed by atoms with E-state index < -0.39 is 17.8 Å². The Balaban J connectivity index is 1.74. The number of amides is 1. The highest BCUT2D eigenvalue weighted by atomic mass is 35.5. The van der Waals surface area contributed by atoms with Crippen LogP contribution in [0.4, 0.5) is 5.69 Å². The summed E-state index contributed by atoms with van der Waals surface area (Å²) in [6.45, 7) is 0.118. The summed E-state index contributed by atoms with van der Waals surface area (Å²) in [7, 11) is 0. The van der Waals surface area contributed by atoms with Gasteiger partial charge < -0.3 is 19.9 Å². The summed E-state index contributed by atoms with van der Waals surface area (Å²) in [5, 5.41) is 11.7. The van der Waals surface area contributed by atoms with Crippen molar-refractivity contribution in [2.75, 3.05) is 12.1 Å². The normalized spacial score (nSPS) is 23.0. The van der Waals surface area contributed by atoms with Crippen molar-refractivity contribution in [2.24, 2.45) is 11.8 Å². The van der Waals surface area contributed by atoms with Crippen molar-refractivity contribution in [1.82, 2.24) is 0 Å². The van der Waals surface area contributed by atoms with Gasteiger partial charge in [0.25, 0.3) is 0 Å². The number of fused-ring (bicyclic) bond motifs is 1. The number of carboxylic acid groups (broad SMARTS) is 1. The summed E-state index contributed by atoms with van der Waals surface area (Å²) in [5.41, 5.74) is 0.395. The molecule has 0 saturated heterocycles. The molecule has 2 unspecified atom stereocenters. The molecule has 1 amide bonds. The number of ether oxygens (including phenoxy) is 2. The summed E-state index contributed by atoms with van der Waals surface area (Å²) in [6.07, 6.45) is 0.364. The Bertz CT molecular complexity index is 573. The number of aliphatic carboxylic acids is 1. The Morgan fingerprint density at radius 1 is 1.26 bits per heavy atom. The van der Waals surface area contributed by atoms with Crippen LogP contribution in [0.1, 0.15) is 6.42 Å². The van der Waals surface area contributed by atoms with Gasteiger partial charge >= 0.3 is 5.97 Å². The highest BCUT2D eigenvalue weighted by Crippen LogP contribution is 2.42. The quantitative estimate of drug-likeness (QED) is 0.882. The van der Waals surface area contributed by atoms with E-state index in [1.807, 2.05) is 0 Å². The standard InChI is InChI=1S/C12H10ClNO5/c13-7-2-9-10(19-4-18-9)3-8(7)14-11(15)5-1-6(5)12(16)17/h2-3,5-6H,1,4H2,(H,14,15)(H,16,17). The Labute approximate surface area is 113 Å². The van der Waals surface area contributed by atoms with Gasteiger partial charge in [0.1, 0.15) is 0 Å². The van der Waals surface area contributed by atoms with Crippen molar-refractivity contribution in [2.45, 2.75) is 6.42 Å². The van der Waals surface area contributed by atoms with Gasteiger partial charge in [0, 0.05) is 12.1 Å². The van der Waals surface area contributed by atoms with Crippen molar-refractivity contribution in [1.29, 1.82) is 0 Å². The lowest BCUT2D eigenvalue weighted by atomic mass is 10.2. The summed E-state index contributed by atoms with van der Waals surface area (Å²) >= 11 is 6.01. The highest BCUT2D eigenvalue weighted by Gasteiger charge is 2.48. The fourth-order valence-corrected chi connectivity index (χ4v) is 2.20. The molecule has 0 spiro atoms. The van der Waals surface area contributed by atoms with E-state index in [1.54, 1.807) is 12.1 Å². The highest BCUT2D eigenvalue weighted by molar-refractivity contribution is 6.34. The third kappa shape index (κ3) is 2.19. The maximum Gasteiger partial charge on any atom is 0.307 e. The van der Waals surface area contributed by atoms with Crippen LogP contribution in [0.15, 0.2) is 12.1 Å². The van der Waals surface area contributed by atoms with Crippen LogP contribution in [0.5, 0.6) is 11.5 Å². The van der Waals surface area contributed by atoms with E-state index >= 15 is 0 Å². The smallest absolute Gasteiger partial charge is 0.307 e. The number of rotatable bonds is 3. The van der Waals surface area contributed by atoms with E-state index in [9.17, 15) is 9.59 Å². The molecule has 1 heterocycles. The van der Waals surface area contributed by atoms with Crippen molar-refractivity contribution in [3.63, 3.8) is 0 Å². The minimum Gasteiger partial charge on any atom is -0.481 e. The van der Waals surface area contributed by atoms with Crippen molar-refractivity contribution >= 4 is 29.2 Å². The molecule has 2 aliphatic rings. The predicted molar refractivity (Wildman–Crippen MR) is 65.4 cm³/mol. The van der Waals surface area contributed by atoms with E-state index in [4.69, 9.17) is 26.2 Å². The Morgan fingerprint density at radius 2 is 1.95 bits per heavy atom. The number of hydrogen-bond donors (Lipinski definition) is 2. The van der Waals surface area contributed by atoms with E-state index in [2.05, 4.69) is 5.32 Å². The zero-order chi connectivity index (χ0) is 13.6. The number of carbonyl (C=O) groups excluding carboxylic acids is 1. The summed E-state index contributed by atoms with van der Waals surface area (Å²) in [5.74, 6) is -1.33. The zero-order valence-corrected chi connectivity index (χ0v) is 10.4. The average Bonchev–Trinajstić information content (AvgIpc) is 3.05. The molecule has 1 saturated carbocycles. The van der Waals surface area contributed by atoms with Crippen LogP contribution >= 0.6 is 11.6 Å². The number of anilines is 1. The molecular weight excluding hydrogens is 274 g/mol. The molecule has 1 fully saturated rings. The van der Waals surface area contributed by atoms with Crippen LogP contribution in [-0.2, 0) is 9.59 Å². The van der Waals surface area contributed by atoms with Crippen molar-refractivity contribution < 1.29 is 24.2 Å². The SMILES string of the molecule is O=C(O)C1CC1C(=O)Nc1cc2c(cc1Cl)OCO2. The number of benzene rings is 1. The van der Waals surface area contributed by atoms with E-state index in [0.29, 0.717) is 28.6 Å². The molecule has 7 heteroatoms. The molecule has 1 aromatic carbocycles. The monoisotopic (exact) mass is 283 g/mol. The van der Waals surface area contributed by atoms with Gasteiger partial charge in [-0.05, 0) is 6.42 Å². The number of halogens is 1. The topological polar surface area (TPSA) is 84.9 Å². The van der Waals surface area contributed by atoms with E-state index in [0.717, 1.165) is 0 Å². The van der Waals surface area contributed by atoms with Gasteiger partial charge in [0.05, 0.1) is 22.5 Å². The van der Waals surface area contributed by atoms with Gasteiger partial charge in [0.2, 0.25) is 12.7 Å². The van der Waals surface area contributed by atoms with Gasteiger partial charge in [-0.25, -0.2) is 0 Å². The third-order valence-electron chi connectivity index (χ3n) is 3.16. The Kier molecular flexibility index (Phi) is 2.74. The largest absolute Gasteiger partial charge is 0.481 e. The van der Waals surface area contributed by atoms with Gasteiger partial charge in [0.15, 0.2) is 11.5 Å². The van der Waals surface area contributed by atoms with Gasteiger partial charge in [-0.2, -0.15) is 0 Å². The van der Waals surface area contributed by atoms with Crippen molar-refractivity contribution in [3.05, 3.63) is 17.2 Å². The second kappa shape index (κ2) is 4.31. The molecule has 1 aliphatic heterocycles. The number of nitrogens with one attached hydrogen (secondary N) is 1. The maximum absolute atomic E-state index is 11.8. The predicted octanol–water partition coefficient (Wildman–Crippen LogP) is 1.73. The minimum absolute atomic E-state index is 0.118. The molecule has 100 valence electrons. The van der Waals surface area contributed by atoms with Crippen LogP contribution in [0.2, 0.25) is 5.02 Å². The number of hydrogen-bond acceptors (Lipinski definition) is 4. The zero-order valence-electron chi connectivity index (χ0n) is 9.68. The molecule has 19 heavy (non-hydrogen) atoms. The van der Waals surface area contributed by atoms with Crippen LogP contribution in [-0.4, -0.2) is 23.8 Å². The second-order valence-corrected chi connectivity index (χ2v) is 4.87. The first-order valence-corrected chi connectivity index (χ1v) is 6.07. The third-order valence-corrected chi connectivity index (χ3v) is 3.48. The van der Waals surface area contributed by atoms with E-state index in [-0.39, 0.29) is 12.7 Å². The fraction of sp³-hybridized carbons (Fsp3) is 0.333. The molecular formula is C12H10ClNO5. The summed E-state index contributed by atoms with van der Waals surface area (Å²) in [4.78, 5) is 22.5.